The highest BCUT2D eigenvalue weighted by atomic mass is 32.4. The first-order chi connectivity index (χ1) is 9.74. The predicted octanol–water partition coefficient (Wildman–Crippen LogP) is 3.82. The molecule has 20 heavy (non-hydrogen) atoms. The molecule has 0 aliphatic rings. The van der Waals surface area contributed by atoms with E-state index < -0.39 is 17.7 Å². The Labute approximate surface area is 128 Å². The van der Waals surface area contributed by atoms with E-state index in [9.17, 15) is 4.79 Å². The van der Waals surface area contributed by atoms with Gasteiger partial charge in [-0.15, -0.1) is 0 Å². The van der Waals surface area contributed by atoms with Crippen LogP contribution in [-0.2, 0) is 23.2 Å². The smallest absolute Gasteiger partial charge is 0.407 e. The fourth-order valence-corrected chi connectivity index (χ4v) is 4.87. The standard InChI is InChI=1S/C15H24NO2PS/c1-5-19(4,20)12-15(2,3)16-14(17)18-11-13-9-7-6-8-10-13/h6-10H,5,11-12H2,1-4H3,(H,16,17)/i1D. The molecule has 0 aromatic heterocycles. The topological polar surface area (TPSA) is 38.3 Å². The highest BCUT2D eigenvalue weighted by Crippen LogP contribution is 2.43. The van der Waals surface area contributed by atoms with E-state index in [-0.39, 0.29) is 6.61 Å². The number of benzene rings is 1. The summed E-state index contributed by atoms with van der Waals surface area (Å²) in [4.78, 5) is 11.9. The van der Waals surface area contributed by atoms with E-state index in [4.69, 9.17) is 17.9 Å². The van der Waals surface area contributed by atoms with Crippen LogP contribution in [0.2, 0.25) is 0 Å². The van der Waals surface area contributed by atoms with Crippen molar-refractivity contribution in [3.63, 3.8) is 0 Å². The lowest BCUT2D eigenvalue weighted by atomic mass is 10.1. The van der Waals surface area contributed by atoms with Crippen LogP contribution in [0.4, 0.5) is 4.79 Å². The molecular formula is C15H24NO2PS. The lowest BCUT2D eigenvalue weighted by Gasteiger charge is -2.30. The predicted molar refractivity (Wildman–Crippen MR) is 89.5 cm³/mol. The van der Waals surface area contributed by atoms with Crippen LogP contribution in [0.15, 0.2) is 30.3 Å². The van der Waals surface area contributed by atoms with Gasteiger partial charge < -0.3 is 10.1 Å². The third-order valence-corrected chi connectivity index (χ3v) is 6.20. The van der Waals surface area contributed by atoms with E-state index in [2.05, 4.69) is 12.0 Å². The second-order valence-electron chi connectivity index (χ2n) is 5.75. The molecule has 0 saturated heterocycles. The van der Waals surface area contributed by atoms with Crippen molar-refractivity contribution >= 4 is 23.9 Å². The highest BCUT2D eigenvalue weighted by molar-refractivity contribution is 8.14. The van der Waals surface area contributed by atoms with Crippen LogP contribution in [0, 0.1) is 0 Å². The highest BCUT2D eigenvalue weighted by Gasteiger charge is 2.26. The maximum Gasteiger partial charge on any atom is 0.407 e. The van der Waals surface area contributed by atoms with Gasteiger partial charge in [-0.25, -0.2) is 4.79 Å². The van der Waals surface area contributed by atoms with Gasteiger partial charge in [0.25, 0.3) is 0 Å². The number of rotatable bonds is 6. The van der Waals surface area contributed by atoms with Crippen molar-refractivity contribution in [2.24, 2.45) is 0 Å². The van der Waals surface area contributed by atoms with Gasteiger partial charge in [0, 0.05) is 6.91 Å². The van der Waals surface area contributed by atoms with Gasteiger partial charge in [-0.3, -0.25) is 0 Å². The second kappa shape index (κ2) is 7.24. The lowest BCUT2D eigenvalue weighted by Crippen LogP contribution is -2.46. The first-order valence-corrected chi connectivity index (χ1v) is 10.2. The fourth-order valence-electron chi connectivity index (χ4n) is 1.99. The Balaban J connectivity index is 2.47. The molecule has 1 aromatic carbocycles. The summed E-state index contributed by atoms with van der Waals surface area (Å²) in [5.41, 5.74) is 0.549. The van der Waals surface area contributed by atoms with Gasteiger partial charge in [-0.1, -0.05) is 49.0 Å². The third-order valence-electron chi connectivity index (χ3n) is 2.86. The molecule has 0 saturated carbocycles. The molecule has 5 heteroatoms. The van der Waals surface area contributed by atoms with E-state index in [0.717, 1.165) is 17.9 Å². The summed E-state index contributed by atoms with van der Waals surface area (Å²) in [6.07, 6.45) is 1.05. The molecule has 1 rings (SSSR count). The first-order valence-electron chi connectivity index (χ1n) is 7.28. The average Bonchev–Trinajstić information content (AvgIpc) is 2.35. The minimum Gasteiger partial charge on any atom is -0.445 e. The monoisotopic (exact) mass is 314 g/mol. The van der Waals surface area contributed by atoms with Crippen molar-refractivity contribution < 1.29 is 10.9 Å². The van der Waals surface area contributed by atoms with Crippen molar-refractivity contribution in [1.29, 1.82) is 0 Å². The Bertz CT molecular complexity index is 508. The molecule has 0 heterocycles. The minimum atomic E-state index is -1.57. The third kappa shape index (κ3) is 6.53. The van der Waals surface area contributed by atoms with E-state index in [1.54, 1.807) is 0 Å². The molecule has 0 fully saturated rings. The first kappa shape index (κ1) is 15.5. The Morgan fingerprint density at radius 2 is 2.10 bits per heavy atom. The van der Waals surface area contributed by atoms with Gasteiger partial charge in [0.05, 0.1) is 0 Å². The van der Waals surface area contributed by atoms with Gasteiger partial charge in [-0.05, 0) is 44.4 Å². The molecular weight excluding hydrogens is 289 g/mol. The lowest BCUT2D eigenvalue weighted by molar-refractivity contribution is 0.131. The van der Waals surface area contributed by atoms with E-state index >= 15 is 0 Å². The van der Waals surface area contributed by atoms with Gasteiger partial charge in [0.1, 0.15) is 6.61 Å². The normalized spacial score (nSPS) is 15.1. The number of nitrogens with one attached hydrogen (secondary N) is 1. The van der Waals surface area contributed by atoms with E-state index in [1.807, 2.05) is 44.2 Å². The Morgan fingerprint density at radius 1 is 1.45 bits per heavy atom. The van der Waals surface area contributed by atoms with E-state index in [1.165, 1.54) is 0 Å². The van der Waals surface area contributed by atoms with Crippen molar-refractivity contribution in [3.05, 3.63) is 35.9 Å². The number of amides is 1. The number of carbonyl (C=O) groups is 1. The van der Waals surface area contributed by atoms with Crippen LogP contribution in [0.5, 0.6) is 0 Å². The number of alkyl carbamates (subject to hydrolysis) is 1. The molecule has 0 spiro atoms. The van der Waals surface area contributed by atoms with Crippen LogP contribution in [0.25, 0.3) is 0 Å². The molecule has 0 aliphatic carbocycles. The quantitative estimate of drug-likeness (QED) is 0.811. The van der Waals surface area contributed by atoms with Gasteiger partial charge in [0.15, 0.2) is 0 Å². The van der Waals surface area contributed by atoms with Gasteiger partial charge >= 0.3 is 6.09 Å². The molecule has 1 N–H and O–H groups in total. The molecule has 1 aromatic rings. The van der Waals surface area contributed by atoms with Crippen LogP contribution in [0.3, 0.4) is 0 Å². The van der Waals surface area contributed by atoms with Crippen molar-refractivity contribution in [1.82, 2.24) is 5.32 Å². The SMILES string of the molecule is [2H]CCP(C)(=S)CC(C)(C)NC(=O)OCc1ccccc1. The van der Waals surface area contributed by atoms with Crippen molar-refractivity contribution in [2.45, 2.75) is 32.9 Å². The maximum absolute atomic E-state index is 11.9. The summed E-state index contributed by atoms with van der Waals surface area (Å²) in [5, 5.41) is 2.88. The summed E-state index contributed by atoms with van der Waals surface area (Å²) in [5.74, 6) is 0. The zero-order chi connectivity index (χ0) is 15.9. The van der Waals surface area contributed by atoms with Crippen LogP contribution < -0.4 is 5.32 Å². The fraction of sp³-hybridized carbons (Fsp3) is 0.533. The van der Waals surface area contributed by atoms with Crippen LogP contribution in [-0.4, -0.2) is 30.6 Å². The zero-order valence-electron chi connectivity index (χ0n) is 13.4. The maximum atomic E-state index is 11.9. The Kier molecular flexibility index (Phi) is 5.62. The summed E-state index contributed by atoms with van der Waals surface area (Å²) in [6, 6.07) is 8.00. The van der Waals surface area contributed by atoms with Crippen molar-refractivity contribution in [3.8, 4) is 0 Å². The number of hydrogen-bond acceptors (Lipinski definition) is 3. The molecule has 0 aliphatic heterocycles. The molecule has 0 radical (unpaired) electrons. The molecule has 1 amide bonds. The molecule has 112 valence electrons. The molecule has 1 unspecified atom stereocenters. The minimum absolute atomic E-state index is 0.260. The summed E-state index contributed by atoms with van der Waals surface area (Å²) in [6.45, 7) is 6.56. The summed E-state index contributed by atoms with van der Waals surface area (Å²) < 4.78 is 12.5. The van der Waals surface area contributed by atoms with Crippen molar-refractivity contribution in [2.75, 3.05) is 19.0 Å². The molecule has 0 bridgehead atoms. The number of hydrogen-bond donors (Lipinski definition) is 1. The van der Waals surface area contributed by atoms with E-state index in [0.29, 0.717) is 6.90 Å². The Morgan fingerprint density at radius 3 is 2.70 bits per heavy atom. The molecule has 1 atom stereocenters. The van der Waals surface area contributed by atoms with Crippen LogP contribution in [0.1, 0.15) is 27.7 Å². The zero-order valence-corrected chi connectivity index (χ0v) is 14.1. The summed E-state index contributed by atoms with van der Waals surface area (Å²) >= 11 is 5.58. The molecule has 3 nitrogen and oxygen atoms in total. The Hall–Kier alpha value is -0.860. The number of ether oxygens (including phenoxy) is 1. The largest absolute Gasteiger partial charge is 0.445 e. The number of carbonyl (C=O) groups excluding carboxylic acids is 1. The average molecular weight is 314 g/mol. The van der Waals surface area contributed by atoms with Crippen LogP contribution >= 0.6 is 6.04 Å². The summed E-state index contributed by atoms with van der Waals surface area (Å²) in [7, 11) is 0. The van der Waals surface area contributed by atoms with Gasteiger partial charge in [0.2, 0.25) is 0 Å². The second-order valence-corrected chi connectivity index (χ2v) is 11.8. The van der Waals surface area contributed by atoms with Gasteiger partial charge in [-0.2, -0.15) is 0 Å².